The molecular weight excluding hydrogens is 382 g/mol. The smallest absolute Gasteiger partial charge is 0.404 e. The van der Waals surface area contributed by atoms with Gasteiger partial charge in [-0.1, -0.05) is 12.1 Å². The molecule has 6 nitrogen and oxygen atoms in total. The van der Waals surface area contributed by atoms with E-state index in [1.54, 1.807) is 0 Å². The minimum atomic E-state index is -4.97. The van der Waals surface area contributed by atoms with E-state index >= 15 is 0 Å². The highest BCUT2D eigenvalue weighted by Gasteiger charge is 2.34. The van der Waals surface area contributed by atoms with Crippen molar-refractivity contribution in [1.82, 2.24) is 9.97 Å². The highest BCUT2D eigenvalue weighted by molar-refractivity contribution is 5.65. The second-order valence-electron chi connectivity index (χ2n) is 5.13. The molecule has 0 aliphatic rings. The fraction of sp³-hybridized carbons (Fsp3) is 0.333. The van der Waals surface area contributed by atoms with Crippen molar-refractivity contribution in [2.24, 2.45) is 0 Å². The van der Waals surface area contributed by atoms with Crippen LogP contribution in [-0.2, 0) is 6.18 Å². The number of nitrogens with zero attached hydrogens (tertiary/aromatic N) is 2. The summed E-state index contributed by atoms with van der Waals surface area (Å²) < 4.78 is 80.3. The number of hydrogen-bond acceptors (Lipinski definition) is 6. The largest absolute Gasteiger partial charge is 0.573 e. The topological polar surface area (TPSA) is 79.3 Å². The van der Waals surface area contributed by atoms with Gasteiger partial charge in [0.05, 0.1) is 5.69 Å². The molecule has 2 rings (SSSR count). The van der Waals surface area contributed by atoms with Crippen LogP contribution in [0.2, 0.25) is 0 Å². The van der Waals surface area contributed by atoms with Gasteiger partial charge in [-0.05, 0) is 18.6 Å². The predicted molar refractivity (Wildman–Crippen MR) is 83.6 cm³/mol. The number of para-hydroxylation sites is 2. The maximum atomic E-state index is 13.0. The molecule has 0 radical (unpaired) electrons. The van der Waals surface area contributed by atoms with E-state index in [1.165, 1.54) is 18.2 Å². The molecule has 0 spiro atoms. The molecule has 1 aromatic carbocycles. The lowest BCUT2D eigenvalue weighted by Crippen LogP contribution is -2.18. The van der Waals surface area contributed by atoms with Gasteiger partial charge in [0, 0.05) is 19.2 Å². The minimum Gasteiger partial charge on any atom is -0.404 e. The van der Waals surface area contributed by atoms with E-state index in [0.717, 1.165) is 6.07 Å². The lowest BCUT2D eigenvalue weighted by Gasteiger charge is -2.16. The summed E-state index contributed by atoms with van der Waals surface area (Å²) in [5, 5.41) is 13.6. The lowest BCUT2D eigenvalue weighted by atomic mass is 10.3. The van der Waals surface area contributed by atoms with Crippen LogP contribution in [0.5, 0.6) is 5.75 Å². The molecule has 0 unspecified atom stereocenters. The number of halogens is 6. The molecule has 0 amide bonds. The van der Waals surface area contributed by atoms with Crippen LogP contribution < -0.4 is 15.4 Å². The Bertz CT molecular complexity index is 767. The number of aliphatic hydroxyl groups is 1. The van der Waals surface area contributed by atoms with Crippen LogP contribution in [0.4, 0.5) is 43.8 Å². The van der Waals surface area contributed by atoms with Crippen molar-refractivity contribution < 1.29 is 36.2 Å². The van der Waals surface area contributed by atoms with Crippen LogP contribution in [0.15, 0.2) is 30.3 Å². The number of hydrogen-bond donors (Lipinski definition) is 3. The van der Waals surface area contributed by atoms with Gasteiger partial charge in [0.1, 0.15) is 5.82 Å². The van der Waals surface area contributed by atoms with E-state index in [2.05, 4.69) is 25.3 Å². The number of aromatic nitrogens is 2. The number of alkyl halides is 6. The fourth-order valence-electron chi connectivity index (χ4n) is 1.94. The molecule has 148 valence electrons. The van der Waals surface area contributed by atoms with Crippen molar-refractivity contribution in [2.75, 3.05) is 23.8 Å². The third-order valence-corrected chi connectivity index (χ3v) is 3.01. The fourth-order valence-corrected chi connectivity index (χ4v) is 1.94. The zero-order chi connectivity index (χ0) is 20.1. The Morgan fingerprint density at radius 1 is 1.04 bits per heavy atom. The summed E-state index contributed by atoms with van der Waals surface area (Å²) in [4.78, 5) is 7.12. The Hall–Kier alpha value is -2.76. The van der Waals surface area contributed by atoms with Gasteiger partial charge >= 0.3 is 12.5 Å². The SMILES string of the molecule is OCCCNc1nc(Nc2ccccc2OC(F)(F)F)cc(C(F)(F)F)n1. The number of aliphatic hydroxyl groups excluding tert-OH is 1. The van der Waals surface area contributed by atoms with Crippen LogP contribution in [0, 0.1) is 0 Å². The summed E-state index contributed by atoms with van der Waals surface area (Å²) in [6.07, 6.45) is -9.53. The lowest BCUT2D eigenvalue weighted by molar-refractivity contribution is -0.274. The molecule has 27 heavy (non-hydrogen) atoms. The van der Waals surface area contributed by atoms with Gasteiger partial charge in [0.2, 0.25) is 5.95 Å². The van der Waals surface area contributed by atoms with Crippen molar-refractivity contribution >= 4 is 17.5 Å². The number of ether oxygens (including phenoxy) is 1. The molecule has 0 bridgehead atoms. The van der Waals surface area contributed by atoms with Crippen LogP contribution in [-0.4, -0.2) is 34.6 Å². The van der Waals surface area contributed by atoms with Gasteiger partial charge < -0.3 is 20.5 Å². The van der Waals surface area contributed by atoms with E-state index in [-0.39, 0.29) is 31.1 Å². The highest BCUT2D eigenvalue weighted by atomic mass is 19.4. The molecule has 0 aliphatic carbocycles. The average molecular weight is 396 g/mol. The summed E-state index contributed by atoms with van der Waals surface area (Å²) in [5.41, 5.74) is -1.52. The molecule has 1 heterocycles. The van der Waals surface area contributed by atoms with Gasteiger partial charge in [-0.3, -0.25) is 0 Å². The Morgan fingerprint density at radius 3 is 2.37 bits per heavy atom. The summed E-state index contributed by atoms with van der Waals surface area (Å²) in [6.45, 7) is -0.0930. The van der Waals surface area contributed by atoms with Gasteiger partial charge in [0.25, 0.3) is 0 Å². The second kappa shape index (κ2) is 8.29. The maximum absolute atomic E-state index is 13.0. The van der Waals surface area contributed by atoms with Crippen LogP contribution in [0.25, 0.3) is 0 Å². The van der Waals surface area contributed by atoms with E-state index in [4.69, 9.17) is 5.11 Å². The number of nitrogens with one attached hydrogen (secondary N) is 2. The quantitative estimate of drug-likeness (QED) is 0.486. The minimum absolute atomic E-state index is 0.102. The molecular formula is C15H14F6N4O2. The van der Waals surface area contributed by atoms with Gasteiger partial charge in [-0.15, -0.1) is 13.2 Å². The van der Waals surface area contributed by atoms with Crippen molar-refractivity contribution in [1.29, 1.82) is 0 Å². The first-order valence-electron chi connectivity index (χ1n) is 7.51. The molecule has 2 aromatic rings. The van der Waals surface area contributed by atoms with E-state index < -0.39 is 29.9 Å². The molecule has 0 saturated heterocycles. The second-order valence-corrected chi connectivity index (χ2v) is 5.13. The monoisotopic (exact) mass is 396 g/mol. The number of benzene rings is 1. The summed E-state index contributed by atoms with van der Waals surface area (Å²) >= 11 is 0. The summed E-state index contributed by atoms with van der Waals surface area (Å²) in [7, 11) is 0. The van der Waals surface area contributed by atoms with E-state index in [1.807, 2.05) is 0 Å². The normalized spacial score (nSPS) is 12.0. The Balaban J connectivity index is 2.34. The maximum Gasteiger partial charge on any atom is 0.573 e. The average Bonchev–Trinajstić information content (AvgIpc) is 2.55. The molecule has 0 atom stereocenters. The van der Waals surface area contributed by atoms with Crippen molar-refractivity contribution in [2.45, 2.75) is 19.0 Å². The van der Waals surface area contributed by atoms with Gasteiger partial charge in [-0.2, -0.15) is 18.2 Å². The molecule has 0 saturated carbocycles. The van der Waals surface area contributed by atoms with Gasteiger partial charge in [0.15, 0.2) is 11.4 Å². The highest BCUT2D eigenvalue weighted by Crippen LogP contribution is 2.34. The Kier molecular flexibility index (Phi) is 6.31. The number of anilines is 3. The molecule has 12 heteroatoms. The third-order valence-electron chi connectivity index (χ3n) is 3.01. The number of rotatable bonds is 7. The first-order valence-corrected chi connectivity index (χ1v) is 7.51. The van der Waals surface area contributed by atoms with E-state index in [9.17, 15) is 26.3 Å². The zero-order valence-corrected chi connectivity index (χ0v) is 13.5. The molecule has 3 N–H and O–H groups in total. The first kappa shape index (κ1) is 20.6. The Labute approximate surface area is 149 Å². The van der Waals surface area contributed by atoms with Crippen molar-refractivity contribution in [3.05, 3.63) is 36.0 Å². The van der Waals surface area contributed by atoms with Crippen LogP contribution in [0.1, 0.15) is 12.1 Å². The van der Waals surface area contributed by atoms with Gasteiger partial charge in [-0.25, -0.2) is 4.98 Å². The first-order chi connectivity index (χ1) is 12.6. The van der Waals surface area contributed by atoms with E-state index in [0.29, 0.717) is 6.07 Å². The summed E-state index contributed by atoms with van der Waals surface area (Å²) in [6, 6.07) is 5.39. The molecule has 0 aliphatic heterocycles. The van der Waals surface area contributed by atoms with Crippen LogP contribution >= 0.6 is 0 Å². The molecule has 0 fully saturated rings. The van der Waals surface area contributed by atoms with Crippen molar-refractivity contribution in [3.8, 4) is 5.75 Å². The summed E-state index contributed by atoms with van der Waals surface area (Å²) in [5.74, 6) is -1.41. The van der Waals surface area contributed by atoms with Crippen LogP contribution in [0.3, 0.4) is 0 Å². The molecule has 1 aromatic heterocycles. The predicted octanol–water partition coefficient (Wildman–Crippen LogP) is 3.93. The third kappa shape index (κ3) is 6.47. The standard InChI is InChI=1S/C15H14F6N4O2/c16-14(17,18)11-8-12(25-13(24-11)22-6-3-7-26)23-9-4-1-2-5-10(9)27-15(19,20)21/h1-2,4-5,8,26H,3,6-7H2,(H2,22,23,24,25). The zero-order valence-electron chi connectivity index (χ0n) is 13.5. The van der Waals surface area contributed by atoms with Crippen molar-refractivity contribution in [3.63, 3.8) is 0 Å². The Morgan fingerprint density at radius 2 is 1.74 bits per heavy atom.